The number of carbonyl (C=O) groups is 1. The highest BCUT2D eigenvalue weighted by molar-refractivity contribution is 14.0. The zero-order chi connectivity index (χ0) is 20.1. The number of nitrogens with zero attached hydrogens (tertiary/aromatic N) is 4. The second kappa shape index (κ2) is 10.6. The fourth-order valence-electron chi connectivity index (χ4n) is 3.21. The van der Waals surface area contributed by atoms with Gasteiger partial charge in [0, 0.05) is 51.6 Å². The summed E-state index contributed by atoms with van der Waals surface area (Å²) >= 11 is 1.73. The maximum Gasteiger partial charge on any atom is 0.410 e. The van der Waals surface area contributed by atoms with Crippen LogP contribution in [-0.2, 0) is 11.2 Å². The summed E-state index contributed by atoms with van der Waals surface area (Å²) in [6.07, 6.45) is 3.14. The Morgan fingerprint density at radius 2 is 2.03 bits per heavy atom. The lowest BCUT2D eigenvalue weighted by Gasteiger charge is -2.40. The summed E-state index contributed by atoms with van der Waals surface area (Å²) in [5.41, 5.74) is 0.659. The van der Waals surface area contributed by atoms with Gasteiger partial charge in [-0.25, -0.2) is 9.78 Å². The molecule has 2 aliphatic rings. The number of halogens is 1. The molecule has 0 aromatic carbocycles. The number of likely N-dealkylation sites (tertiary alicyclic amines) is 1. The van der Waals surface area contributed by atoms with Gasteiger partial charge in [0.05, 0.1) is 11.7 Å². The summed E-state index contributed by atoms with van der Waals surface area (Å²) in [5.74, 6) is 0.754. The van der Waals surface area contributed by atoms with E-state index in [0.29, 0.717) is 13.1 Å². The molecule has 2 fully saturated rings. The van der Waals surface area contributed by atoms with Crippen molar-refractivity contribution in [2.75, 3.05) is 44.7 Å². The van der Waals surface area contributed by atoms with E-state index >= 15 is 0 Å². The lowest BCUT2D eigenvalue weighted by Crippen LogP contribution is -2.63. The van der Waals surface area contributed by atoms with E-state index in [2.05, 4.69) is 25.9 Å². The molecule has 2 saturated heterocycles. The summed E-state index contributed by atoms with van der Waals surface area (Å²) in [5, 5.41) is 9.98. The zero-order valence-electron chi connectivity index (χ0n) is 17.7. The minimum atomic E-state index is -0.461. The molecule has 1 amide bonds. The highest BCUT2D eigenvalue weighted by atomic mass is 127. The van der Waals surface area contributed by atoms with Crippen LogP contribution in [-0.4, -0.2) is 73.4 Å². The minimum absolute atomic E-state index is 0. The molecule has 2 aliphatic heterocycles. The van der Waals surface area contributed by atoms with Crippen LogP contribution in [0.1, 0.15) is 39.3 Å². The van der Waals surface area contributed by atoms with Crippen LogP contribution < -0.4 is 15.5 Å². The maximum absolute atomic E-state index is 12.0. The van der Waals surface area contributed by atoms with Crippen molar-refractivity contribution in [2.24, 2.45) is 4.99 Å². The highest BCUT2D eigenvalue weighted by Crippen LogP contribution is 2.24. The lowest BCUT2D eigenvalue weighted by atomic mass is 10.1. The molecule has 1 aromatic heterocycles. The molecule has 0 bridgehead atoms. The van der Waals surface area contributed by atoms with Gasteiger partial charge < -0.3 is 25.2 Å². The first kappa shape index (κ1) is 24.0. The van der Waals surface area contributed by atoms with Crippen molar-refractivity contribution in [2.45, 2.75) is 51.7 Å². The molecule has 0 atom stereocenters. The Morgan fingerprint density at radius 3 is 2.66 bits per heavy atom. The number of thiazole rings is 1. The Labute approximate surface area is 194 Å². The molecule has 0 spiro atoms. The van der Waals surface area contributed by atoms with Gasteiger partial charge in [0.25, 0.3) is 0 Å². The van der Waals surface area contributed by atoms with Crippen molar-refractivity contribution in [1.82, 2.24) is 20.5 Å². The summed E-state index contributed by atoms with van der Waals surface area (Å²) in [7, 11) is 1.76. The quantitative estimate of drug-likeness (QED) is 0.342. The summed E-state index contributed by atoms with van der Waals surface area (Å²) < 4.78 is 5.38. The topological polar surface area (TPSA) is 82.1 Å². The van der Waals surface area contributed by atoms with Crippen LogP contribution in [0.4, 0.5) is 9.93 Å². The largest absolute Gasteiger partial charge is 0.444 e. The van der Waals surface area contributed by atoms with Gasteiger partial charge in [0.2, 0.25) is 0 Å². The number of hydrogen-bond acceptors (Lipinski definition) is 6. The molecular weight excluding hydrogens is 503 g/mol. The van der Waals surface area contributed by atoms with E-state index < -0.39 is 5.60 Å². The van der Waals surface area contributed by atoms with Crippen LogP contribution >= 0.6 is 35.3 Å². The van der Waals surface area contributed by atoms with Crippen molar-refractivity contribution in [3.8, 4) is 0 Å². The SMILES string of the molecule is CN=C(NCCc1csc(N2CCCC2)n1)NC1CN(C(=O)OC(C)(C)C)C1.I. The number of aromatic nitrogens is 1. The number of anilines is 1. The highest BCUT2D eigenvalue weighted by Gasteiger charge is 2.34. The molecule has 3 heterocycles. The molecule has 0 radical (unpaired) electrons. The first-order chi connectivity index (χ1) is 13.3. The van der Waals surface area contributed by atoms with Crippen LogP contribution in [0, 0.1) is 0 Å². The van der Waals surface area contributed by atoms with Crippen LogP contribution in [0.2, 0.25) is 0 Å². The van der Waals surface area contributed by atoms with Gasteiger partial charge in [-0.2, -0.15) is 0 Å². The number of aliphatic imine (C=N–C) groups is 1. The average Bonchev–Trinajstić information content (AvgIpc) is 3.25. The van der Waals surface area contributed by atoms with E-state index in [1.54, 1.807) is 23.3 Å². The van der Waals surface area contributed by atoms with Crippen molar-refractivity contribution < 1.29 is 9.53 Å². The van der Waals surface area contributed by atoms with Crippen LogP contribution in [0.25, 0.3) is 0 Å². The van der Waals surface area contributed by atoms with E-state index in [9.17, 15) is 4.79 Å². The average molecular weight is 536 g/mol. The van der Waals surface area contributed by atoms with E-state index in [-0.39, 0.29) is 36.1 Å². The molecule has 8 nitrogen and oxygen atoms in total. The third kappa shape index (κ3) is 7.16. The Balaban J connectivity index is 0.00000300. The summed E-state index contributed by atoms with van der Waals surface area (Å²) in [6.45, 7) is 9.91. The number of guanidine groups is 1. The van der Waals surface area contributed by atoms with Gasteiger partial charge in [-0.1, -0.05) is 0 Å². The second-order valence-corrected chi connectivity index (χ2v) is 9.13. The van der Waals surface area contributed by atoms with Gasteiger partial charge in [0.15, 0.2) is 11.1 Å². The van der Waals surface area contributed by atoms with E-state index in [1.165, 1.54) is 12.8 Å². The molecule has 29 heavy (non-hydrogen) atoms. The standard InChI is InChI=1S/C19H32N6O2S.HI/c1-19(2,3)27-18(26)25-11-15(12-25)22-16(20-4)21-8-7-14-13-28-17(23-14)24-9-5-6-10-24;/h13,15H,5-12H2,1-4H3,(H2,20,21,22);1H. The number of carbonyl (C=O) groups excluding carboxylic acids is 1. The lowest BCUT2D eigenvalue weighted by molar-refractivity contribution is 0.00701. The predicted molar refractivity (Wildman–Crippen MR) is 129 cm³/mol. The Kier molecular flexibility index (Phi) is 8.80. The number of nitrogens with one attached hydrogen (secondary N) is 2. The molecule has 10 heteroatoms. The van der Waals surface area contributed by atoms with Gasteiger partial charge >= 0.3 is 6.09 Å². The number of amides is 1. The normalized spacial score (nSPS) is 17.6. The third-order valence-electron chi connectivity index (χ3n) is 4.69. The second-order valence-electron chi connectivity index (χ2n) is 8.29. The van der Waals surface area contributed by atoms with E-state index in [1.807, 2.05) is 20.8 Å². The van der Waals surface area contributed by atoms with E-state index in [4.69, 9.17) is 9.72 Å². The molecule has 0 aliphatic carbocycles. The monoisotopic (exact) mass is 536 g/mol. The first-order valence-electron chi connectivity index (χ1n) is 9.98. The first-order valence-corrected chi connectivity index (χ1v) is 10.9. The molecule has 2 N–H and O–H groups in total. The fraction of sp³-hybridized carbons (Fsp3) is 0.737. The predicted octanol–water partition coefficient (Wildman–Crippen LogP) is 2.69. The minimum Gasteiger partial charge on any atom is -0.444 e. The Morgan fingerprint density at radius 1 is 1.34 bits per heavy atom. The summed E-state index contributed by atoms with van der Waals surface area (Å²) in [6, 6.07) is 0.194. The van der Waals surface area contributed by atoms with Crippen LogP contribution in [0.5, 0.6) is 0 Å². The van der Waals surface area contributed by atoms with Gasteiger partial charge in [-0.05, 0) is 33.6 Å². The third-order valence-corrected chi connectivity index (χ3v) is 5.64. The smallest absolute Gasteiger partial charge is 0.410 e. The van der Waals surface area contributed by atoms with Gasteiger partial charge in [0.1, 0.15) is 5.60 Å². The Hall–Kier alpha value is -1.30. The zero-order valence-corrected chi connectivity index (χ0v) is 20.9. The van der Waals surface area contributed by atoms with Crippen molar-refractivity contribution in [3.05, 3.63) is 11.1 Å². The molecule has 0 unspecified atom stereocenters. The number of hydrogen-bond donors (Lipinski definition) is 2. The number of rotatable bonds is 5. The van der Waals surface area contributed by atoms with Crippen molar-refractivity contribution in [3.63, 3.8) is 0 Å². The fourth-order valence-corrected chi connectivity index (χ4v) is 4.12. The summed E-state index contributed by atoms with van der Waals surface area (Å²) in [4.78, 5) is 25.1. The molecule has 3 rings (SSSR count). The van der Waals surface area contributed by atoms with Gasteiger partial charge in [-0.15, -0.1) is 35.3 Å². The van der Waals surface area contributed by atoms with Gasteiger partial charge in [-0.3, -0.25) is 4.99 Å². The molecule has 164 valence electrons. The Bertz CT molecular complexity index is 693. The number of ether oxygens (including phenoxy) is 1. The maximum atomic E-state index is 12.0. The molecule has 1 aromatic rings. The van der Waals surface area contributed by atoms with Crippen molar-refractivity contribution >= 4 is 52.5 Å². The molecule has 0 saturated carbocycles. The molecular formula is C19H33IN6O2S. The van der Waals surface area contributed by atoms with Crippen molar-refractivity contribution in [1.29, 1.82) is 0 Å². The van der Waals surface area contributed by atoms with E-state index in [0.717, 1.165) is 42.8 Å². The van der Waals surface area contributed by atoms with Crippen LogP contribution in [0.15, 0.2) is 10.4 Å². The van der Waals surface area contributed by atoms with Crippen LogP contribution in [0.3, 0.4) is 0 Å².